The van der Waals surface area contributed by atoms with E-state index in [-0.39, 0.29) is 35.6 Å². The number of aliphatic hydroxyl groups is 1. The van der Waals surface area contributed by atoms with Crippen LogP contribution in [0.1, 0.15) is 158 Å². The van der Waals surface area contributed by atoms with Crippen LogP contribution in [0.25, 0.3) is 0 Å². The van der Waals surface area contributed by atoms with Crippen LogP contribution in [0.5, 0.6) is 5.75 Å². The highest BCUT2D eigenvalue weighted by molar-refractivity contribution is 7.84. The summed E-state index contributed by atoms with van der Waals surface area (Å²) in [6.45, 7) is 9.01. The second kappa shape index (κ2) is 20.6. The van der Waals surface area contributed by atoms with E-state index in [1.54, 1.807) is 0 Å². The number of ether oxygens (including phenoxy) is 1. The highest BCUT2D eigenvalue weighted by atomic mass is 35.5. The minimum atomic E-state index is -5.55. The van der Waals surface area contributed by atoms with Gasteiger partial charge >= 0.3 is 18.1 Å². The number of aliphatic hydroxyl groups excluding tert-OH is 1. The van der Waals surface area contributed by atoms with Crippen LogP contribution in [0, 0.1) is 23.2 Å². The fourth-order valence-electron chi connectivity index (χ4n) is 10.9. The Labute approximate surface area is 335 Å². The van der Waals surface area contributed by atoms with Gasteiger partial charge < -0.3 is 9.84 Å². The Morgan fingerprint density at radius 3 is 2.20 bits per heavy atom. The molecule has 1 heterocycles. The SMILES string of the molecule is CCc1c(OC(=O)CN2CCCCC2)cc2c(c1CC)[C@H]1CC[C@]3(C)[C@@H](O)CC[C@H]3[C@@H]1[C@H](CCCCCCCCCS(=O)CCCC(F)(F)C(F)(F)F)C2.Cl. The van der Waals surface area contributed by atoms with Crippen molar-refractivity contribution in [1.82, 2.24) is 4.90 Å². The summed E-state index contributed by atoms with van der Waals surface area (Å²) < 4.78 is 81.6. The molecular formula is C43H67ClF5NO4S. The number of rotatable bonds is 19. The number of carbonyl (C=O) groups excluding carboxylic acids is 1. The van der Waals surface area contributed by atoms with Crippen molar-refractivity contribution < 1.29 is 40.8 Å². The molecule has 55 heavy (non-hydrogen) atoms. The first-order valence-corrected chi connectivity index (χ1v) is 22.8. The number of alkyl halides is 5. The third kappa shape index (κ3) is 11.3. The first kappa shape index (κ1) is 46.4. The smallest absolute Gasteiger partial charge is 0.425 e. The minimum Gasteiger partial charge on any atom is -0.425 e. The van der Waals surface area contributed by atoms with Crippen LogP contribution in [-0.4, -0.2) is 69.5 Å². The third-order valence-corrected chi connectivity index (χ3v) is 15.3. The van der Waals surface area contributed by atoms with Gasteiger partial charge in [0.15, 0.2) is 0 Å². The summed E-state index contributed by atoms with van der Waals surface area (Å²) in [6.07, 6.45) is 10.9. The Morgan fingerprint density at radius 2 is 1.55 bits per heavy atom. The van der Waals surface area contributed by atoms with Gasteiger partial charge in [-0.1, -0.05) is 65.7 Å². The average molecular weight is 825 g/mol. The number of halogens is 6. The zero-order valence-electron chi connectivity index (χ0n) is 33.5. The highest BCUT2D eigenvalue weighted by Gasteiger charge is 2.57. The van der Waals surface area contributed by atoms with Crippen LogP contribution < -0.4 is 4.74 Å². The van der Waals surface area contributed by atoms with E-state index in [9.17, 15) is 36.1 Å². The van der Waals surface area contributed by atoms with Crippen LogP contribution in [0.3, 0.4) is 0 Å². The van der Waals surface area contributed by atoms with E-state index in [1.165, 1.54) is 28.7 Å². The van der Waals surface area contributed by atoms with Gasteiger partial charge in [-0.25, -0.2) is 0 Å². The first-order chi connectivity index (χ1) is 25.7. The van der Waals surface area contributed by atoms with E-state index in [0.29, 0.717) is 42.4 Å². The van der Waals surface area contributed by atoms with Crippen molar-refractivity contribution in [3.05, 3.63) is 28.3 Å². The van der Waals surface area contributed by atoms with Crippen molar-refractivity contribution in [2.24, 2.45) is 23.2 Å². The number of piperidine rings is 1. The third-order valence-electron chi connectivity index (χ3n) is 13.8. The summed E-state index contributed by atoms with van der Waals surface area (Å²) >= 11 is 0. The summed E-state index contributed by atoms with van der Waals surface area (Å²) in [7, 11) is -1.38. The topological polar surface area (TPSA) is 66.8 Å². The van der Waals surface area contributed by atoms with Crippen molar-refractivity contribution >= 4 is 29.2 Å². The molecule has 1 aromatic carbocycles. The monoisotopic (exact) mass is 823 g/mol. The lowest BCUT2D eigenvalue weighted by molar-refractivity contribution is -0.284. The van der Waals surface area contributed by atoms with Gasteiger partial charge in [0.25, 0.3) is 0 Å². The molecule has 3 aliphatic carbocycles. The van der Waals surface area contributed by atoms with Crippen LogP contribution in [-0.2, 0) is 34.9 Å². The van der Waals surface area contributed by atoms with E-state index < -0.39 is 35.7 Å². The first-order valence-electron chi connectivity index (χ1n) is 21.3. The van der Waals surface area contributed by atoms with Crippen LogP contribution in [0.4, 0.5) is 22.0 Å². The van der Waals surface area contributed by atoms with Crippen molar-refractivity contribution in [3.8, 4) is 5.75 Å². The number of likely N-dealkylation sites (tertiary alicyclic amines) is 1. The van der Waals surface area contributed by atoms with Crippen LogP contribution in [0.2, 0.25) is 0 Å². The molecule has 5 rings (SSSR count). The zero-order chi connectivity index (χ0) is 39.1. The van der Waals surface area contributed by atoms with Gasteiger partial charge in [-0.3, -0.25) is 13.9 Å². The van der Waals surface area contributed by atoms with Crippen molar-refractivity contribution in [1.29, 1.82) is 0 Å². The number of unbranched alkanes of at least 4 members (excludes halogenated alkanes) is 6. The van der Waals surface area contributed by atoms with Gasteiger partial charge in [0, 0.05) is 28.7 Å². The molecule has 0 aromatic heterocycles. The van der Waals surface area contributed by atoms with E-state index in [2.05, 4.69) is 31.7 Å². The lowest BCUT2D eigenvalue weighted by atomic mass is 9.51. The fraction of sp³-hybridized carbons (Fsp3) is 0.837. The lowest BCUT2D eigenvalue weighted by Gasteiger charge is -2.53. The number of benzene rings is 1. The van der Waals surface area contributed by atoms with Crippen molar-refractivity contribution in [2.75, 3.05) is 31.1 Å². The predicted molar refractivity (Wildman–Crippen MR) is 213 cm³/mol. The predicted octanol–water partition coefficient (Wildman–Crippen LogP) is 10.9. The molecule has 0 spiro atoms. The number of hydrogen-bond acceptors (Lipinski definition) is 5. The molecule has 1 aromatic rings. The molecule has 1 saturated heterocycles. The Hall–Kier alpha value is -1.30. The fourth-order valence-corrected chi connectivity index (χ4v) is 12.1. The van der Waals surface area contributed by atoms with E-state index in [4.69, 9.17) is 4.74 Å². The molecule has 1 unspecified atom stereocenters. The number of esters is 1. The largest absolute Gasteiger partial charge is 0.453 e. The van der Waals surface area contributed by atoms with Crippen molar-refractivity contribution in [3.63, 3.8) is 0 Å². The van der Waals surface area contributed by atoms with Crippen LogP contribution in [0.15, 0.2) is 6.07 Å². The molecule has 7 atom stereocenters. The van der Waals surface area contributed by atoms with E-state index in [1.807, 2.05) is 0 Å². The molecule has 3 fully saturated rings. The Kier molecular flexibility index (Phi) is 17.4. The Morgan fingerprint density at radius 1 is 0.909 bits per heavy atom. The molecule has 12 heteroatoms. The number of carbonyl (C=O) groups is 1. The maximum Gasteiger partial charge on any atom is 0.453 e. The van der Waals surface area contributed by atoms with Gasteiger partial charge in [-0.05, 0) is 148 Å². The summed E-state index contributed by atoms with van der Waals surface area (Å²) in [5.41, 5.74) is 5.44. The van der Waals surface area contributed by atoms with Gasteiger partial charge in [-0.2, -0.15) is 22.0 Å². The average Bonchev–Trinajstić information content (AvgIpc) is 3.43. The Bertz CT molecular complexity index is 1420. The molecule has 0 radical (unpaired) electrons. The van der Waals surface area contributed by atoms with Crippen LogP contribution >= 0.6 is 12.4 Å². The highest BCUT2D eigenvalue weighted by Crippen LogP contribution is 2.63. The molecule has 2 saturated carbocycles. The minimum absolute atomic E-state index is 0. The summed E-state index contributed by atoms with van der Waals surface area (Å²) in [5, 5.41) is 11.2. The van der Waals surface area contributed by atoms with Gasteiger partial charge in [0.05, 0.1) is 12.6 Å². The Balaban J connectivity index is 0.00000673. The molecule has 5 nitrogen and oxygen atoms in total. The summed E-state index contributed by atoms with van der Waals surface area (Å²) in [6, 6.07) is 2.23. The maximum atomic E-state index is 13.3. The maximum absolute atomic E-state index is 13.3. The molecule has 316 valence electrons. The van der Waals surface area contributed by atoms with E-state index >= 15 is 0 Å². The number of nitrogens with zero attached hydrogens (tertiary/aromatic N) is 1. The molecule has 4 aliphatic rings. The second-order valence-corrected chi connectivity index (χ2v) is 18.9. The normalized spacial score (nSPS) is 27.5. The molecule has 1 aliphatic heterocycles. The van der Waals surface area contributed by atoms with E-state index in [0.717, 1.165) is 122 Å². The summed E-state index contributed by atoms with van der Waals surface area (Å²) in [5.74, 6) is -1.88. The molecular weight excluding hydrogens is 757 g/mol. The van der Waals surface area contributed by atoms with Crippen molar-refractivity contribution in [2.45, 2.75) is 173 Å². The van der Waals surface area contributed by atoms with Gasteiger partial charge in [0.1, 0.15) is 5.75 Å². The number of fused-ring (bicyclic) bond motifs is 5. The second-order valence-electron chi connectivity index (χ2n) is 17.2. The van der Waals surface area contributed by atoms with Gasteiger partial charge in [0.2, 0.25) is 0 Å². The summed E-state index contributed by atoms with van der Waals surface area (Å²) in [4.78, 5) is 15.5. The van der Waals surface area contributed by atoms with Gasteiger partial charge in [-0.15, -0.1) is 12.4 Å². The molecule has 1 N–H and O–H groups in total. The zero-order valence-corrected chi connectivity index (χ0v) is 35.1. The lowest BCUT2D eigenvalue weighted by Crippen LogP contribution is -2.47. The molecule has 0 amide bonds. The molecule has 0 bridgehead atoms. The number of hydrogen-bond donors (Lipinski definition) is 1. The standard InChI is InChI=1S/C43H66F5NO4S.ClH/c1-4-32-33(5-2)39-31(28-36(32)53-38(51)29-49-23-13-11-14-24-49)27-30(40-34(39)20-22-41(3)35(40)18-19-37(41)50)17-12-9-7-6-8-10-15-25-54(52)26-16-21-42(44,45)43(46,47)48;/h28,30,34-35,37,40,50H,4-27,29H2,1-3H3;1H/t30-,34-,35+,37+,40-,41+,54?;/m1./s1. The quantitative estimate of drug-likeness (QED) is 0.0651.